The molecule has 21 heavy (non-hydrogen) atoms. The van der Waals surface area contributed by atoms with Gasteiger partial charge in [-0.05, 0) is 23.8 Å². The lowest BCUT2D eigenvalue weighted by molar-refractivity contribution is -0.137. The van der Waals surface area contributed by atoms with Gasteiger partial charge in [-0.3, -0.25) is 0 Å². The molecule has 1 aromatic heterocycles. The number of rotatable bonds is 2. The molecule has 0 aliphatic heterocycles. The van der Waals surface area contributed by atoms with Gasteiger partial charge in [0.15, 0.2) is 17.0 Å². The molecule has 0 saturated carbocycles. The van der Waals surface area contributed by atoms with E-state index in [0.717, 1.165) is 12.1 Å². The largest absolute Gasteiger partial charge is 0.506 e. The fraction of sp³-hybridized carbons (Fsp3) is 0.133. The number of nitrogens with zero attached hydrogens (tertiary/aromatic N) is 1. The number of alkyl halides is 3. The van der Waals surface area contributed by atoms with E-state index in [1.165, 1.54) is 12.1 Å². The summed E-state index contributed by atoms with van der Waals surface area (Å²) < 4.78 is 43.4. The topological polar surface area (TPSA) is 46.3 Å². The van der Waals surface area contributed by atoms with Gasteiger partial charge in [-0.1, -0.05) is 24.3 Å². The number of oxazole rings is 1. The Balaban J connectivity index is 1.93. The van der Waals surface area contributed by atoms with Crippen LogP contribution in [0, 0.1) is 0 Å². The molecule has 0 radical (unpaired) electrons. The number of phenolic OH excluding ortho intramolecular Hbond substituents is 1. The molecule has 1 N–H and O–H groups in total. The summed E-state index contributed by atoms with van der Waals surface area (Å²) in [7, 11) is 0. The van der Waals surface area contributed by atoms with E-state index >= 15 is 0 Å². The number of para-hydroxylation sites is 1. The molecule has 0 spiro atoms. The highest BCUT2D eigenvalue weighted by Crippen LogP contribution is 2.30. The van der Waals surface area contributed by atoms with E-state index < -0.39 is 11.7 Å². The van der Waals surface area contributed by atoms with Gasteiger partial charge in [-0.15, -0.1) is 0 Å². The normalized spacial score (nSPS) is 12.0. The van der Waals surface area contributed by atoms with Gasteiger partial charge >= 0.3 is 6.18 Å². The fourth-order valence-corrected chi connectivity index (χ4v) is 2.09. The minimum Gasteiger partial charge on any atom is -0.506 e. The SMILES string of the molecule is Oc1cccc2oc(Cc3cccc(C(F)(F)F)c3)nc12. The van der Waals surface area contributed by atoms with E-state index in [1.54, 1.807) is 18.2 Å². The summed E-state index contributed by atoms with van der Waals surface area (Å²) in [6.45, 7) is 0. The van der Waals surface area contributed by atoms with Crippen molar-refractivity contribution in [1.82, 2.24) is 4.98 Å². The molecule has 0 bridgehead atoms. The fourth-order valence-electron chi connectivity index (χ4n) is 2.09. The number of fused-ring (bicyclic) bond motifs is 1. The van der Waals surface area contributed by atoms with E-state index in [0.29, 0.717) is 16.7 Å². The van der Waals surface area contributed by atoms with Crippen molar-refractivity contribution in [1.29, 1.82) is 0 Å². The molecule has 0 fully saturated rings. The van der Waals surface area contributed by atoms with Crippen molar-refractivity contribution >= 4 is 11.1 Å². The minimum atomic E-state index is -4.38. The van der Waals surface area contributed by atoms with E-state index in [1.807, 2.05) is 0 Å². The van der Waals surface area contributed by atoms with Crippen LogP contribution >= 0.6 is 0 Å². The molecule has 0 saturated heterocycles. The van der Waals surface area contributed by atoms with Gasteiger partial charge in [0.2, 0.25) is 0 Å². The highest BCUT2D eigenvalue weighted by atomic mass is 19.4. The van der Waals surface area contributed by atoms with Gasteiger partial charge in [0.05, 0.1) is 5.56 Å². The smallest absolute Gasteiger partial charge is 0.416 e. The maximum absolute atomic E-state index is 12.7. The van der Waals surface area contributed by atoms with Crippen molar-refractivity contribution in [3.63, 3.8) is 0 Å². The van der Waals surface area contributed by atoms with Gasteiger partial charge in [0.1, 0.15) is 5.75 Å². The maximum Gasteiger partial charge on any atom is 0.416 e. The molecule has 1 heterocycles. The first-order chi connectivity index (χ1) is 9.93. The zero-order valence-electron chi connectivity index (χ0n) is 10.7. The summed E-state index contributed by atoms with van der Waals surface area (Å²) in [6.07, 6.45) is -4.26. The highest BCUT2D eigenvalue weighted by Gasteiger charge is 2.30. The second kappa shape index (κ2) is 4.80. The molecule has 0 atom stereocenters. The molecule has 3 nitrogen and oxygen atoms in total. The van der Waals surface area contributed by atoms with Crippen LogP contribution in [0.4, 0.5) is 13.2 Å². The molecule has 108 valence electrons. The van der Waals surface area contributed by atoms with Crippen LogP contribution in [0.2, 0.25) is 0 Å². The van der Waals surface area contributed by atoms with Gasteiger partial charge < -0.3 is 9.52 Å². The average molecular weight is 293 g/mol. The van der Waals surface area contributed by atoms with E-state index in [2.05, 4.69) is 4.98 Å². The molecule has 0 amide bonds. The third kappa shape index (κ3) is 2.69. The lowest BCUT2D eigenvalue weighted by atomic mass is 10.1. The quantitative estimate of drug-likeness (QED) is 0.772. The van der Waals surface area contributed by atoms with Crippen molar-refractivity contribution in [2.75, 3.05) is 0 Å². The summed E-state index contributed by atoms with van der Waals surface area (Å²) in [6, 6.07) is 9.71. The molecule has 3 rings (SSSR count). The Morgan fingerprint density at radius 1 is 1.10 bits per heavy atom. The summed E-state index contributed by atoms with van der Waals surface area (Å²) >= 11 is 0. The van der Waals surface area contributed by atoms with Gasteiger partial charge in [0, 0.05) is 6.42 Å². The van der Waals surface area contributed by atoms with E-state index in [4.69, 9.17) is 4.42 Å². The van der Waals surface area contributed by atoms with Crippen molar-refractivity contribution in [3.05, 3.63) is 59.5 Å². The van der Waals surface area contributed by atoms with E-state index in [9.17, 15) is 18.3 Å². The van der Waals surface area contributed by atoms with Crippen LogP contribution in [0.25, 0.3) is 11.1 Å². The first-order valence-corrected chi connectivity index (χ1v) is 6.17. The van der Waals surface area contributed by atoms with Crippen LogP contribution in [0.5, 0.6) is 5.75 Å². The van der Waals surface area contributed by atoms with Gasteiger partial charge in [-0.25, -0.2) is 4.98 Å². The van der Waals surface area contributed by atoms with Crippen molar-refractivity contribution in [2.45, 2.75) is 12.6 Å². The molecule has 0 unspecified atom stereocenters. The molecular formula is C15H10F3NO2. The Morgan fingerprint density at radius 3 is 2.57 bits per heavy atom. The summed E-state index contributed by atoms with van der Waals surface area (Å²) in [5.74, 6) is 0.234. The standard InChI is InChI=1S/C15H10F3NO2/c16-15(17,18)10-4-1-3-9(7-10)8-13-19-14-11(20)5-2-6-12(14)21-13/h1-7,20H,8H2. The number of halogens is 3. The Labute approximate surface area is 117 Å². The maximum atomic E-state index is 12.7. The lowest BCUT2D eigenvalue weighted by Gasteiger charge is -2.07. The first-order valence-electron chi connectivity index (χ1n) is 6.17. The Kier molecular flexibility index (Phi) is 3.08. The molecule has 6 heteroatoms. The average Bonchev–Trinajstić information content (AvgIpc) is 2.82. The number of hydrogen-bond donors (Lipinski definition) is 1. The second-order valence-electron chi connectivity index (χ2n) is 4.61. The van der Waals surface area contributed by atoms with Crippen molar-refractivity contribution in [2.24, 2.45) is 0 Å². The monoisotopic (exact) mass is 293 g/mol. The summed E-state index contributed by atoms with van der Waals surface area (Å²) in [5.41, 5.74) is 0.436. The van der Waals surface area contributed by atoms with Crippen LogP contribution in [0.15, 0.2) is 46.9 Å². The van der Waals surface area contributed by atoms with Crippen LogP contribution in [0.3, 0.4) is 0 Å². The molecule has 0 aliphatic carbocycles. The van der Waals surface area contributed by atoms with Crippen LogP contribution in [0.1, 0.15) is 17.0 Å². The number of aromatic hydroxyl groups is 1. The zero-order chi connectivity index (χ0) is 15.0. The summed E-state index contributed by atoms with van der Waals surface area (Å²) in [5, 5.41) is 9.63. The van der Waals surface area contributed by atoms with Crippen LogP contribution in [-0.2, 0) is 12.6 Å². The molecule has 0 aliphatic rings. The molecular weight excluding hydrogens is 283 g/mol. The number of benzene rings is 2. The number of phenols is 1. The second-order valence-corrected chi connectivity index (χ2v) is 4.61. The van der Waals surface area contributed by atoms with Gasteiger partial charge in [-0.2, -0.15) is 13.2 Å². The predicted octanol–water partition coefficient (Wildman–Crippen LogP) is 4.14. The van der Waals surface area contributed by atoms with Crippen LogP contribution < -0.4 is 0 Å². The zero-order valence-corrected chi connectivity index (χ0v) is 10.7. The van der Waals surface area contributed by atoms with Crippen LogP contribution in [-0.4, -0.2) is 10.1 Å². The minimum absolute atomic E-state index is 0.0217. The first kappa shape index (κ1) is 13.5. The summed E-state index contributed by atoms with van der Waals surface area (Å²) in [4.78, 5) is 4.10. The lowest BCUT2D eigenvalue weighted by Crippen LogP contribution is -2.05. The number of aromatic nitrogens is 1. The Morgan fingerprint density at radius 2 is 1.86 bits per heavy atom. The third-order valence-electron chi connectivity index (χ3n) is 3.05. The Bertz CT molecular complexity index is 793. The van der Waals surface area contributed by atoms with Crippen molar-refractivity contribution < 1.29 is 22.7 Å². The van der Waals surface area contributed by atoms with Gasteiger partial charge in [0.25, 0.3) is 0 Å². The van der Waals surface area contributed by atoms with E-state index in [-0.39, 0.29) is 18.1 Å². The molecule has 3 aromatic rings. The Hall–Kier alpha value is -2.50. The highest BCUT2D eigenvalue weighted by molar-refractivity contribution is 5.79. The number of hydrogen-bond acceptors (Lipinski definition) is 3. The van der Waals surface area contributed by atoms with Crippen molar-refractivity contribution in [3.8, 4) is 5.75 Å². The molecule has 2 aromatic carbocycles. The third-order valence-corrected chi connectivity index (χ3v) is 3.05. The predicted molar refractivity (Wildman–Crippen MR) is 69.9 cm³/mol.